The maximum atomic E-state index is 13.3. The van der Waals surface area contributed by atoms with Crippen molar-refractivity contribution in [2.24, 2.45) is 0 Å². The fraction of sp³-hybridized carbons (Fsp3) is 0.391. The lowest BCUT2D eigenvalue weighted by Gasteiger charge is -2.31. The van der Waals surface area contributed by atoms with Gasteiger partial charge in [0.2, 0.25) is 0 Å². The van der Waals surface area contributed by atoms with Gasteiger partial charge in [0.15, 0.2) is 0 Å². The highest BCUT2D eigenvalue weighted by Crippen LogP contribution is 2.23. The standard InChI is InChI=1S/C23H28N4O2/c1-3-26(12-11-21-24-19-9-6-7-17(2)22(19)25-21)23(28)18-8-4-5-10-20(18)27-13-15-29-16-14-27/h4-10H,3,11-16H2,1-2H3,(H,24,25). The fourth-order valence-corrected chi connectivity index (χ4v) is 3.89. The maximum Gasteiger partial charge on any atom is 0.255 e. The van der Waals surface area contributed by atoms with Crippen molar-refractivity contribution in [2.45, 2.75) is 20.3 Å². The summed E-state index contributed by atoms with van der Waals surface area (Å²) in [6, 6.07) is 14.0. The molecule has 1 aliphatic rings. The number of fused-ring (bicyclic) bond motifs is 1. The van der Waals surface area contributed by atoms with Crippen LogP contribution in [-0.2, 0) is 11.2 Å². The molecule has 1 N–H and O–H groups in total. The van der Waals surface area contributed by atoms with Crippen molar-refractivity contribution < 1.29 is 9.53 Å². The lowest BCUT2D eigenvalue weighted by Crippen LogP contribution is -2.39. The molecule has 1 fully saturated rings. The molecular formula is C23H28N4O2. The van der Waals surface area contributed by atoms with E-state index < -0.39 is 0 Å². The maximum absolute atomic E-state index is 13.3. The quantitative estimate of drug-likeness (QED) is 0.698. The molecule has 0 saturated carbocycles. The largest absolute Gasteiger partial charge is 0.378 e. The number of hydrogen-bond donors (Lipinski definition) is 1. The van der Waals surface area contributed by atoms with E-state index in [4.69, 9.17) is 9.72 Å². The average molecular weight is 393 g/mol. The van der Waals surface area contributed by atoms with Crippen LogP contribution in [0.15, 0.2) is 42.5 Å². The topological polar surface area (TPSA) is 61.5 Å². The molecular weight excluding hydrogens is 364 g/mol. The van der Waals surface area contributed by atoms with Gasteiger partial charge in [-0.25, -0.2) is 4.98 Å². The van der Waals surface area contributed by atoms with Gasteiger partial charge in [-0.3, -0.25) is 4.79 Å². The number of carbonyl (C=O) groups excluding carboxylic acids is 1. The number of morpholine rings is 1. The van der Waals surface area contributed by atoms with Crippen LogP contribution >= 0.6 is 0 Å². The fourth-order valence-electron chi connectivity index (χ4n) is 3.89. The van der Waals surface area contributed by atoms with Gasteiger partial charge in [0, 0.05) is 38.3 Å². The second-order valence-electron chi connectivity index (χ2n) is 7.41. The van der Waals surface area contributed by atoms with E-state index in [0.29, 0.717) is 32.7 Å². The molecule has 0 bridgehead atoms. The van der Waals surface area contributed by atoms with E-state index >= 15 is 0 Å². The summed E-state index contributed by atoms with van der Waals surface area (Å²) in [5.74, 6) is 0.990. The SMILES string of the molecule is CCN(CCc1nc2c(C)cccc2[nH]1)C(=O)c1ccccc1N1CCOCC1. The van der Waals surface area contributed by atoms with Gasteiger partial charge in [-0.2, -0.15) is 0 Å². The molecule has 6 heteroatoms. The van der Waals surface area contributed by atoms with Crippen molar-refractivity contribution in [3.63, 3.8) is 0 Å². The van der Waals surface area contributed by atoms with Gasteiger partial charge in [0.1, 0.15) is 5.82 Å². The summed E-state index contributed by atoms with van der Waals surface area (Å²) < 4.78 is 5.46. The Bertz CT molecular complexity index is 991. The summed E-state index contributed by atoms with van der Waals surface area (Å²) in [5, 5.41) is 0. The molecule has 152 valence electrons. The summed E-state index contributed by atoms with van der Waals surface area (Å²) in [6.45, 7) is 8.41. The molecule has 0 spiro atoms. The highest BCUT2D eigenvalue weighted by molar-refractivity contribution is 5.99. The van der Waals surface area contributed by atoms with Crippen LogP contribution in [0.3, 0.4) is 0 Å². The van der Waals surface area contributed by atoms with Gasteiger partial charge in [-0.05, 0) is 37.6 Å². The zero-order valence-corrected chi connectivity index (χ0v) is 17.1. The molecule has 2 heterocycles. The van der Waals surface area contributed by atoms with Gasteiger partial charge in [-0.15, -0.1) is 0 Å². The van der Waals surface area contributed by atoms with Crippen LogP contribution in [0, 0.1) is 6.92 Å². The molecule has 2 aromatic carbocycles. The summed E-state index contributed by atoms with van der Waals surface area (Å²) >= 11 is 0. The van der Waals surface area contributed by atoms with Crippen LogP contribution in [-0.4, -0.2) is 60.2 Å². The Kier molecular flexibility index (Phi) is 5.81. The van der Waals surface area contributed by atoms with Crippen LogP contribution in [0.5, 0.6) is 0 Å². The van der Waals surface area contributed by atoms with Gasteiger partial charge in [-0.1, -0.05) is 24.3 Å². The number of amides is 1. The first kappa shape index (κ1) is 19.5. The number of likely N-dealkylation sites (N-methyl/N-ethyl adjacent to an activating group) is 1. The third kappa shape index (κ3) is 4.12. The summed E-state index contributed by atoms with van der Waals surface area (Å²) in [7, 11) is 0. The molecule has 0 radical (unpaired) electrons. The number of para-hydroxylation sites is 2. The molecule has 1 amide bonds. The van der Waals surface area contributed by atoms with Gasteiger partial charge >= 0.3 is 0 Å². The molecule has 0 unspecified atom stereocenters. The number of rotatable bonds is 6. The monoisotopic (exact) mass is 392 g/mol. The van der Waals surface area contributed by atoms with Crippen molar-refractivity contribution in [2.75, 3.05) is 44.3 Å². The van der Waals surface area contributed by atoms with Gasteiger partial charge in [0.25, 0.3) is 5.91 Å². The molecule has 6 nitrogen and oxygen atoms in total. The van der Waals surface area contributed by atoms with E-state index in [9.17, 15) is 4.79 Å². The first-order valence-corrected chi connectivity index (χ1v) is 10.3. The normalized spacial score (nSPS) is 14.3. The zero-order valence-electron chi connectivity index (χ0n) is 17.1. The van der Waals surface area contributed by atoms with E-state index in [2.05, 4.69) is 22.9 Å². The first-order chi connectivity index (χ1) is 14.2. The predicted octanol–water partition coefficient (Wildman–Crippen LogP) is 3.41. The second-order valence-corrected chi connectivity index (χ2v) is 7.41. The average Bonchev–Trinajstić information content (AvgIpc) is 3.19. The number of benzene rings is 2. The van der Waals surface area contributed by atoms with Crippen molar-refractivity contribution in [1.29, 1.82) is 0 Å². The number of aromatic nitrogens is 2. The highest BCUT2D eigenvalue weighted by atomic mass is 16.5. The Labute approximate surface area is 171 Å². The molecule has 1 aromatic heterocycles. The van der Waals surface area contributed by atoms with Gasteiger partial charge in [0.05, 0.1) is 29.8 Å². The second kappa shape index (κ2) is 8.66. The summed E-state index contributed by atoms with van der Waals surface area (Å²) in [4.78, 5) is 25.6. The van der Waals surface area contributed by atoms with Crippen LogP contribution in [0.1, 0.15) is 28.7 Å². The number of ether oxygens (including phenoxy) is 1. The number of imidazole rings is 1. The van der Waals surface area contributed by atoms with Crippen molar-refractivity contribution >= 4 is 22.6 Å². The third-order valence-corrected chi connectivity index (χ3v) is 5.54. The van der Waals surface area contributed by atoms with Crippen molar-refractivity contribution in [3.05, 3.63) is 59.4 Å². The number of aryl methyl sites for hydroxylation is 1. The van der Waals surface area contributed by atoms with E-state index in [1.165, 1.54) is 0 Å². The van der Waals surface area contributed by atoms with E-state index in [1.807, 2.05) is 48.2 Å². The van der Waals surface area contributed by atoms with Crippen LogP contribution < -0.4 is 4.90 Å². The Morgan fingerprint density at radius 3 is 2.72 bits per heavy atom. The molecule has 1 saturated heterocycles. The Balaban J connectivity index is 1.50. The molecule has 3 aromatic rings. The molecule has 4 rings (SSSR count). The van der Waals surface area contributed by atoms with Crippen LogP contribution in [0.25, 0.3) is 11.0 Å². The highest BCUT2D eigenvalue weighted by Gasteiger charge is 2.22. The summed E-state index contributed by atoms with van der Waals surface area (Å²) in [5.41, 5.74) is 4.98. The predicted molar refractivity (Wildman–Crippen MR) is 116 cm³/mol. The number of hydrogen-bond acceptors (Lipinski definition) is 4. The van der Waals surface area contributed by atoms with Crippen LogP contribution in [0.2, 0.25) is 0 Å². The lowest BCUT2D eigenvalue weighted by molar-refractivity contribution is 0.0765. The molecule has 1 aliphatic heterocycles. The smallest absolute Gasteiger partial charge is 0.255 e. The molecule has 0 aliphatic carbocycles. The Morgan fingerprint density at radius 1 is 1.17 bits per heavy atom. The van der Waals surface area contributed by atoms with Crippen LogP contribution in [0.4, 0.5) is 5.69 Å². The van der Waals surface area contributed by atoms with E-state index in [-0.39, 0.29) is 5.91 Å². The van der Waals surface area contributed by atoms with E-state index in [0.717, 1.165) is 46.8 Å². The number of anilines is 1. The third-order valence-electron chi connectivity index (χ3n) is 5.54. The van der Waals surface area contributed by atoms with Crippen molar-refractivity contribution in [3.8, 4) is 0 Å². The number of nitrogens with zero attached hydrogens (tertiary/aromatic N) is 3. The number of H-pyrrole nitrogens is 1. The molecule has 0 atom stereocenters. The first-order valence-electron chi connectivity index (χ1n) is 10.3. The lowest BCUT2D eigenvalue weighted by atomic mass is 10.1. The number of carbonyl (C=O) groups is 1. The minimum atomic E-state index is 0.0712. The summed E-state index contributed by atoms with van der Waals surface area (Å²) in [6.07, 6.45) is 0.702. The van der Waals surface area contributed by atoms with Crippen molar-refractivity contribution in [1.82, 2.24) is 14.9 Å². The Hall–Kier alpha value is -2.86. The van der Waals surface area contributed by atoms with E-state index in [1.54, 1.807) is 0 Å². The minimum Gasteiger partial charge on any atom is -0.378 e. The number of nitrogens with one attached hydrogen (secondary N) is 1. The Morgan fingerprint density at radius 2 is 1.97 bits per heavy atom. The molecule has 29 heavy (non-hydrogen) atoms. The minimum absolute atomic E-state index is 0.0712. The number of aromatic amines is 1. The zero-order chi connectivity index (χ0) is 20.2. The van der Waals surface area contributed by atoms with Gasteiger partial charge < -0.3 is 19.5 Å².